The number of rotatable bonds is 0. The molecule has 3 heteroatoms. The van der Waals surface area contributed by atoms with Gasteiger partial charge in [0.1, 0.15) is 5.82 Å². The van der Waals surface area contributed by atoms with Gasteiger partial charge in [-0.2, -0.15) is 0 Å². The van der Waals surface area contributed by atoms with Crippen LogP contribution in [0.15, 0.2) is 0 Å². The SMILES string of the molecule is Cc1nc(C)c2c(n1)C(C)CN2. The van der Waals surface area contributed by atoms with Crippen LogP contribution in [-0.4, -0.2) is 16.5 Å². The van der Waals surface area contributed by atoms with Crippen molar-refractivity contribution < 1.29 is 0 Å². The molecule has 0 saturated carbocycles. The smallest absolute Gasteiger partial charge is 0.125 e. The first kappa shape index (κ1) is 7.53. The third-order valence-electron chi connectivity index (χ3n) is 2.28. The summed E-state index contributed by atoms with van der Waals surface area (Å²) in [5.41, 5.74) is 3.40. The lowest BCUT2D eigenvalue weighted by Crippen LogP contribution is -1.98. The number of hydrogen-bond donors (Lipinski definition) is 1. The highest BCUT2D eigenvalue weighted by molar-refractivity contribution is 5.57. The molecule has 0 spiro atoms. The summed E-state index contributed by atoms with van der Waals surface area (Å²) in [7, 11) is 0. The second-order valence-corrected chi connectivity index (χ2v) is 3.40. The Bertz CT molecular complexity index is 320. The minimum atomic E-state index is 0.528. The Morgan fingerprint density at radius 1 is 1.33 bits per heavy atom. The van der Waals surface area contributed by atoms with E-state index in [1.165, 1.54) is 5.69 Å². The van der Waals surface area contributed by atoms with E-state index in [2.05, 4.69) is 22.2 Å². The fraction of sp³-hybridized carbons (Fsp3) is 0.556. The molecule has 0 aromatic carbocycles. The van der Waals surface area contributed by atoms with Crippen molar-refractivity contribution >= 4 is 5.69 Å². The molecule has 1 N–H and O–H groups in total. The van der Waals surface area contributed by atoms with E-state index in [9.17, 15) is 0 Å². The summed E-state index contributed by atoms with van der Waals surface area (Å²) in [6, 6.07) is 0. The molecule has 1 unspecified atom stereocenters. The van der Waals surface area contributed by atoms with Gasteiger partial charge in [-0.3, -0.25) is 0 Å². The number of nitrogens with one attached hydrogen (secondary N) is 1. The molecule has 1 aromatic rings. The zero-order valence-electron chi connectivity index (χ0n) is 7.68. The van der Waals surface area contributed by atoms with Crippen molar-refractivity contribution in [2.45, 2.75) is 26.7 Å². The summed E-state index contributed by atoms with van der Waals surface area (Å²) in [4.78, 5) is 8.73. The van der Waals surface area contributed by atoms with Crippen LogP contribution in [0.4, 0.5) is 5.69 Å². The van der Waals surface area contributed by atoms with Gasteiger partial charge < -0.3 is 5.32 Å². The highest BCUT2D eigenvalue weighted by Gasteiger charge is 2.21. The van der Waals surface area contributed by atoms with Crippen molar-refractivity contribution in [1.29, 1.82) is 0 Å². The summed E-state index contributed by atoms with van der Waals surface area (Å²) in [5.74, 6) is 1.40. The molecule has 3 nitrogen and oxygen atoms in total. The Kier molecular flexibility index (Phi) is 1.53. The van der Waals surface area contributed by atoms with Gasteiger partial charge in [-0.25, -0.2) is 9.97 Å². The predicted molar refractivity (Wildman–Crippen MR) is 48.4 cm³/mol. The van der Waals surface area contributed by atoms with Gasteiger partial charge in [0.05, 0.1) is 17.1 Å². The Morgan fingerprint density at radius 3 is 2.83 bits per heavy atom. The fourth-order valence-electron chi connectivity index (χ4n) is 1.67. The predicted octanol–water partition coefficient (Wildman–Crippen LogP) is 1.62. The summed E-state index contributed by atoms with van der Waals surface area (Å²) in [6.07, 6.45) is 0. The van der Waals surface area contributed by atoms with Gasteiger partial charge in [0, 0.05) is 12.5 Å². The third-order valence-corrected chi connectivity index (χ3v) is 2.28. The van der Waals surface area contributed by atoms with Crippen molar-refractivity contribution in [3.05, 3.63) is 17.2 Å². The van der Waals surface area contributed by atoms with Gasteiger partial charge in [0.15, 0.2) is 0 Å². The Labute approximate surface area is 72.2 Å². The summed E-state index contributed by atoms with van der Waals surface area (Å²) < 4.78 is 0. The molecule has 12 heavy (non-hydrogen) atoms. The summed E-state index contributed by atoms with van der Waals surface area (Å²) in [5, 5.41) is 3.32. The first-order chi connectivity index (χ1) is 5.68. The van der Waals surface area contributed by atoms with Crippen molar-refractivity contribution in [1.82, 2.24) is 9.97 Å². The molecular weight excluding hydrogens is 150 g/mol. The maximum Gasteiger partial charge on any atom is 0.125 e. The molecule has 2 rings (SSSR count). The maximum atomic E-state index is 4.42. The van der Waals surface area contributed by atoms with Crippen molar-refractivity contribution in [3.63, 3.8) is 0 Å². The van der Waals surface area contributed by atoms with Gasteiger partial charge in [0.25, 0.3) is 0 Å². The number of anilines is 1. The Balaban J connectivity index is 2.60. The van der Waals surface area contributed by atoms with Crippen LogP contribution in [0.2, 0.25) is 0 Å². The molecule has 0 aliphatic carbocycles. The largest absolute Gasteiger partial charge is 0.381 e. The Hall–Kier alpha value is -1.12. The molecule has 0 radical (unpaired) electrons. The van der Waals surface area contributed by atoms with E-state index in [-0.39, 0.29) is 0 Å². The zero-order chi connectivity index (χ0) is 8.72. The van der Waals surface area contributed by atoms with Crippen LogP contribution in [0.1, 0.15) is 30.1 Å². The number of aryl methyl sites for hydroxylation is 2. The maximum absolute atomic E-state index is 4.42. The lowest BCUT2D eigenvalue weighted by Gasteiger charge is -2.04. The van der Waals surface area contributed by atoms with Crippen LogP contribution >= 0.6 is 0 Å². The molecule has 1 atom stereocenters. The van der Waals surface area contributed by atoms with E-state index < -0.39 is 0 Å². The summed E-state index contributed by atoms with van der Waals surface area (Å²) >= 11 is 0. The van der Waals surface area contributed by atoms with Crippen LogP contribution in [0.25, 0.3) is 0 Å². The first-order valence-electron chi connectivity index (χ1n) is 4.27. The second kappa shape index (κ2) is 2.44. The van der Waals surface area contributed by atoms with Crippen molar-refractivity contribution in [2.75, 3.05) is 11.9 Å². The molecule has 0 bridgehead atoms. The zero-order valence-corrected chi connectivity index (χ0v) is 7.68. The van der Waals surface area contributed by atoms with Gasteiger partial charge in [-0.05, 0) is 13.8 Å². The Morgan fingerprint density at radius 2 is 2.08 bits per heavy atom. The number of nitrogens with zero attached hydrogens (tertiary/aromatic N) is 2. The van der Waals surface area contributed by atoms with E-state index in [1.807, 2.05) is 13.8 Å². The highest BCUT2D eigenvalue weighted by Crippen LogP contribution is 2.30. The highest BCUT2D eigenvalue weighted by atomic mass is 15.0. The van der Waals surface area contributed by atoms with Crippen LogP contribution < -0.4 is 5.32 Å². The summed E-state index contributed by atoms with van der Waals surface area (Å²) in [6.45, 7) is 7.15. The molecule has 64 valence electrons. The number of hydrogen-bond acceptors (Lipinski definition) is 3. The minimum absolute atomic E-state index is 0.528. The second-order valence-electron chi connectivity index (χ2n) is 3.40. The lowest BCUT2D eigenvalue weighted by molar-refractivity contribution is 0.807. The van der Waals surface area contributed by atoms with Gasteiger partial charge in [-0.1, -0.05) is 6.92 Å². The molecule has 1 aliphatic rings. The standard InChI is InChI=1S/C9H13N3/c1-5-4-10-9-6(2)11-7(3)12-8(5)9/h5,10H,4H2,1-3H3. The van der Waals surface area contributed by atoms with Crippen LogP contribution in [-0.2, 0) is 0 Å². The van der Waals surface area contributed by atoms with Gasteiger partial charge >= 0.3 is 0 Å². The van der Waals surface area contributed by atoms with Crippen LogP contribution in [0.3, 0.4) is 0 Å². The first-order valence-corrected chi connectivity index (χ1v) is 4.27. The molecule has 1 aliphatic heterocycles. The monoisotopic (exact) mass is 163 g/mol. The average molecular weight is 163 g/mol. The molecular formula is C9H13N3. The lowest BCUT2D eigenvalue weighted by atomic mass is 10.1. The molecule has 2 heterocycles. The van der Waals surface area contributed by atoms with Gasteiger partial charge in [-0.15, -0.1) is 0 Å². The average Bonchev–Trinajstić information content (AvgIpc) is 2.33. The van der Waals surface area contributed by atoms with Crippen molar-refractivity contribution in [3.8, 4) is 0 Å². The van der Waals surface area contributed by atoms with E-state index in [0.29, 0.717) is 5.92 Å². The molecule has 1 aromatic heterocycles. The number of fused-ring (bicyclic) bond motifs is 1. The topological polar surface area (TPSA) is 37.8 Å². The van der Waals surface area contributed by atoms with E-state index in [0.717, 1.165) is 23.8 Å². The molecule has 0 saturated heterocycles. The fourth-order valence-corrected chi connectivity index (χ4v) is 1.67. The molecule has 0 amide bonds. The van der Waals surface area contributed by atoms with E-state index in [1.54, 1.807) is 0 Å². The number of aromatic nitrogens is 2. The van der Waals surface area contributed by atoms with E-state index >= 15 is 0 Å². The quantitative estimate of drug-likeness (QED) is 0.631. The third kappa shape index (κ3) is 0.967. The van der Waals surface area contributed by atoms with Gasteiger partial charge in [0.2, 0.25) is 0 Å². The molecule has 0 fully saturated rings. The van der Waals surface area contributed by atoms with Crippen molar-refractivity contribution in [2.24, 2.45) is 0 Å². The van der Waals surface area contributed by atoms with Crippen LogP contribution in [0, 0.1) is 13.8 Å². The van der Waals surface area contributed by atoms with E-state index in [4.69, 9.17) is 0 Å². The minimum Gasteiger partial charge on any atom is -0.381 e. The normalized spacial score (nSPS) is 20.4. The van der Waals surface area contributed by atoms with Crippen LogP contribution in [0.5, 0.6) is 0 Å².